The van der Waals surface area contributed by atoms with E-state index in [1.807, 2.05) is 0 Å². The van der Waals surface area contributed by atoms with Gasteiger partial charge in [0.2, 0.25) is 0 Å². The van der Waals surface area contributed by atoms with Crippen molar-refractivity contribution in [3.8, 4) is 0 Å². The molecule has 0 aliphatic carbocycles. The largest absolute Gasteiger partial charge is 2.00 e. The molecule has 0 spiro atoms. The topological polar surface area (TPSA) is 142 Å². The number of carbonyl (C=O) groups is 1. The van der Waals surface area contributed by atoms with Crippen LogP contribution in [0.5, 0.6) is 0 Å². The van der Waals surface area contributed by atoms with E-state index >= 15 is 0 Å². The first-order valence-electron chi connectivity index (χ1n) is 1.49. The van der Waals surface area contributed by atoms with Gasteiger partial charge in [-0.2, -0.15) is 10.4 Å². The van der Waals surface area contributed by atoms with E-state index in [-0.39, 0.29) is 46.7 Å². The van der Waals surface area contributed by atoms with Crippen molar-refractivity contribution in [3.63, 3.8) is 0 Å². The van der Waals surface area contributed by atoms with Crippen LogP contribution >= 0.6 is 0 Å². The van der Waals surface area contributed by atoms with Gasteiger partial charge in [-0.05, 0) is 0 Å². The number of nitrogens with zero attached hydrogens (tertiary/aromatic N) is 1. The van der Waals surface area contributed by atoms with Crippen molar-refractivity contribution < 1.29 is 17.7 Å². The van der Waals surface area contributed by atoms with E-state index in [0.717, 1.165) is 0 Å². The normalized spacial score (nSPS) is 6.00. The van der Waals surface area contributed by atoms with Crippen LogP contribution in [0.1, 0.15) is 2.85 Å². The second-order valence-corrected chi connectivity index (χ2v) is 0.781. The van der Waals surface area contributed by atoms with Crippen molar-refractivity contribution in [2.24, 2.45) is 5.73 Å². The minimum Gasteiger partial charge on any atom is -1.00 e. The van der Waals surface area contributed by atoms with Gasteiger partial charge in [-0.25, -0.2) is 4.79 Å². The second kappa shape index (κ2) is 8.69. The van der Waals surface area contributed by atoms with Gasteiger partial charge >= 0.3 is 48.9 Å². The fourth-order valence-electron chi connectivity index (χ4n) is 0.0823. The summed E-state index contributed by atoms with van der Waals surface area (Å²) in [4.78, 5) is 22.1. The molecule has 6 N–H and O–H groups in total. The third-order valence-corrected chi connectivity index (χ3v) is 0.221. The van der Waals surface area contributed by atoms with Crippen molar-refractivity contribution in [2.75, 3.05) is 0 Å². The molecule has 0 unspecified atom stereocenters. The zero-order chi connectivity index (χ0) is 6.57. The third-order valence-electron chi connectivity index (χ3n) is 0.221. The van der Waals surface area contributed by atoms with E-state index < -0.39 is 11.1 Å². The zero-order valence-corrected chi connectivity index (χ0v) is 7.28. The first-order chi connectivity index (χ1) is 3.63. The van der Waals surface area contributed by atoms with Crippen LogP contribution in [-0.2, 0) is 4.94 Å². The number of hydrogen-bond acceptors (Lipinski definition) is 5. The molecule has 0 radical (unpaired) electrons. The molecular formula is CH8CaN4O4. The van der Waals surface area contributed by atoms with Gasteiger partial charge in [0.1, 0.15) is 0 Å². The molecule has 8 nitrogen and oxygen atoms in total. The maximum atomic E-state index is 9.59. The van der Waals surface area contributed by atoms with Gasteiger partial charge in [0.15, 0.2) is 0 Å². The molecule has 58 valence electrons. The number of urea groups is 1. The van der Waals surface area contributed by atoms with Crippen LogP contribution in [0.4, 0.5) is 4.79 Å². The molecule has 0 atom stereocenters. The van der Waals surface area contributed by atoms with Crippen LogP contribution in [-0.4, -0.2) is 48.9 Å². The second-order valence-electron chi connectivity index (χ2n) is 0.781. The summed E-state index contributed by atoms with van der Waals surface area (Å²) < 4.78 is 0. The Balaban J connectivity index is -0.0000000408. The molecule has 10 heavy (non-hydrogen) atoms. The summed E-state index contributed by atoms with van der Waals surface area (Å²) in [5.74, 6) is 0. The van der Waals surface area contributed by atoms with Crippen LogP contribution in [0.15, 0.2) is 0 Å². The quantitative estimate of drug-likeness (QED) is 0.277. The van der Waals surface area contributed by atoms with Crippen molar-refractivity contribution in [1.82, 2.24) is 11.6 Å². The summed E-state index contributed by atoms with van der Waals surface area (Å²) in [6.45, 7) is 0. The first-order valence-corrected chi connectivity index (χ1v) is 1.49. The van der Waals surface area contributed by atoms with Crippen molar-refractivity contribution in [2.45, 2.75) is 0 Å². The molecule has 2 amide bonds. The Labute approximate surface area is 88.7 Å². The van der Waals surface area contributed by atoms with Crippen LogP contribution in [0.25, 0.3) is 0 Å². The van der Waals surface area contributed by atoms with Crippen LogP contribution < -0.4 is 17.4 Å². The van der Waals surface area contributed by atoms with E-state index in [9.17, 15) is 14.9 Å². The molecule has 0 saturated carbocycles. The number of nitrogens with one attached hydrogen (secondary N) is 1. The fraction of sp³-hybridized carbons (Fsp3) is 0. The molecule has 0 saturated heterocycles. The van der Waals surface area contributed by atoms with Crippen LogP contribution in [0.3, 0.4) is 0 Å². The summed E-state index contributed by atoms with van der Waals surface area (Å²) in [5.41, 5.74) is 5.65. The van der Waals surface area contributed by atoms with Gasteiger partial charge in [-0.3, -0.25) is 0 Å². The minimum absolute atomic E-state index is 0. The van der Waals surface area contributed by atoms with E-state index in [0.29, 0.717) is 0 Å². The maximum absolute atomic E-state index is 9.59. The number of nitrogens with two attached hydrogens (primary N) is 1. The molecule has 0 heterocycles. The van der Waals surface area contributed by atoms with Gasteiger partial charge in [-0.1, -0.05) is 0 Å². The predicted molar refractivity (Wildman–Crippen MR) is 33.8 cm³/mol. The van der Waals surface area contributed by atoms with Gasteiger partial charge in [0.05, 0.1) is 0 Å². The first kappa shape index (κ1) is 16.3. The fourth-order valence-corrected chi connectivity index (χ4v) is 0.0823. The Morgan fingerprint density at radius 3 is 2.30 bits per heavy atom. The van der Waals surface area contributed by atoms with Crippen LogP contribution in [0.2, 0.25) is 0 Å². The van der Waals surface area contributed by atoms with Gasteiger partial charge in [-0.15, -0.1) is 10.1 Å². The SMILES string of the molecule is N.NC(=O)NO[N+](=O)[O-].[Ca+2].[H-].[H-]. The van der Waals surface area contributed by atoms with Gasteiger partial charge in [0.25, 0.3) is 0 Å². The summed E-state index contributed by atoms with van der Waals surface area (Å²) in [6.07, 6.45) is 0. The molecule has 0 bridgehead atoms. The van der Waals surface area contributed by atoms with Crippen molar-refractivity contribution in [3.05, 3.63) is 10.1 Å². The number of hydrogen-bond donors (Lipinski definition) is 3. The Bertz CT molecular complexity index is 110. The molecule has 0 rings (SSSR count). The Hall–Kier alpha value is -0.310. The summed E-state index contributed by atoms with van der Waals surface area (Å²) in [5, 5.41) is 8.03. The molecule has 0 fully saturated rings. The predicted octanol–water partition coefficient (Wildman–Crippen LogP) is -1.22. The molecule has 0 aromatic carbocycles. The van der Waals surface area contributed by atoms with E-state index in [4.69, 9.17) is 0 Å². The molecule has 9 heteroatoms. The third kappa shape index (κ3) is 15.6. The summed E-state index contributed by atoms with van der Waals surface area (Å²) >= 11 is 0. The Morgan fingerprint density at radius 2 is 2.20 bits per heavy atom. The average molecular weight is 180 g/mol. The number of hydroxylamine groups is 1. The molecule has 0 aliphatic rings. The number of rotatable bonds is 2. The number of primary amides is 1. The standard InChI is InChI=1S/CH3N3O4.Ca.H3N.2H/c2-1(5)3-8-4(6)7;;;;/h(H3,2,3,5);;1H3;;/q;+2;;2*-1. The van der Waals surface area contributed by atoms with Gasteiger partial charge < -0.3 is 14.7 Å². The number of carbonyl (C=O) groups excluding carboxylic acids is 1. The smallest absolute Gasteiger partial charge is 1.00 e. The van der Waals surface area contributed by atoms with Crippen molar-refractivity contribution >= 4 is 43.8 Å². The maximum Gasteiger partial charge on any atom is 2.00 e. The Morgan fingerprint density at radius 1 is 1.80 bits per heavy atom. The molecule has 0 aliphatic heterocycles. The van der Waals surface area contributed by atoms with E-state index in [1.165, 1.54) is 5.48 Å². The molecule has 0 aromatic heterocycles. The van der Waals surface area contributed by atoms with E-state index in [1.54, 1.807) is 0 Å². The minimum atomic E-state index is -1.19. The Kier molecular flexibility index (Phi) is 14.2. The van der Waals surface area contributed by atoms with Gasteiger partial charge in [0, 0.05) is 0 Å². The molecular weight excluding hydrogens is 172 g/mol. The average Bonchev–Trinajstić information content (AvgIpc) is 1.61. The van der Waals surface area contributed by atoms with Crippen molar-refractivity contribution in [1.29, 1.82) is 0 Å². The zero-order valence-electron chi connectivity index (χ0n) is 7.07. The summed E-state index contributed by atoms with van der Waals surface area (Å²) in [6, 6.07) is -1.11. The monoisotopic (exact) mass is 180 g/mol. The van der Waals surface area contributed by atoms with Crippen LogP contribution in [0, 0.1) is 10.1 Å². The molecule has 0 aromatic rings. The summed E-state index contributed by atoms with van der Waals surface area (Å²) in [7, 11) is 0. The van der Waals surface area contributed by atoms with E-state index in [2.05, 4.69) is 10.7 Å². The number of amides is 2.